The molecular weight excluding hydrogens is 364 g/mol. The van der Waals surface area contributed by atoms with Gasteiger partial charge in [-0.2, -0.15) is 0 Å². The minimum Gasteiger partial charge on any atom is -0.289 e. The summed E-state index contributed by atoms with van der Waals surface area (Å²) in [5.74, 6) is 0.198. The van der Waals surface area contributed by atoms with Gasteiger partial charge in [0.15, 0.2) is 5.78 Å². The van der Waals surface area contributed by atoms with E-state index in [1.54, 1.807) is 0 Å². The topological polar surface area (TPSA) is 17.1 Å². The molecule has 0 unspecified atom stereocenters. The van der Waals surface area contributed by atoms with E-state index >= 15 is 0 Å². The zero-order chi connectivity index (χ0) is 21.0. The first-order valence-electron chi connectivity index (χ1n) is 12.6. The van der Waals surface area contributed by atoms with Gasteiger partial charge in [0.2, 0.25) is 0 Å². The van der Waals surface area contributed by atoms with Crippen LogP contribution >= 0.6 is 0 Å². The summed E-state index contributed by atoms with van der Waals surface area (Å²) in [6.07, 6.45) is 20.6. The second kappa shape index (κ2) is 12.7. The molecule has 0 amide bonds. The van der Waals surface area contributed by atoms with E-state index in [0.29, 0.717) is 0 Å². The molecule has 1 heteroatoms. The molecule has 1 aliphatic carbocycles. The molecule has 1 aliphatic rings. The predicted octanol–water partition coefficient (Wildman–Crippen LogP) is 8.92. The monoisotopic (exact) mass is 404 g/mol. The standard InChI is InChI=1S/C29H40O/c1-2-3-4-5-6-7-8-9-10-11-12-13-14-15-18-24-21-22-26-25-19-16-17-20-27(25)29(30)28(26)23-24/h16-17,19-23H,2-15,18H2,1H3. The van der Waals surface area contributed by atoms with Crippen molar-refractivity contribution in [2.75, 3.05) is 0 Å². The van der Waals surface area contributed by atoms with Crippen LogP contribution in [0.1, 0.15) is 118 Å². The number of hydrogen-bond donors (Lipinski definition) is 0. The normalized spacial score (nSPS) is 12.2. The number of rotatable bonds is 15. The van der Waals surface area contributed by atoms with Crippen molar-refractivity contribution in [3.8, 4) is 11.1 Å². The van der Waals surface area contributed by atoms with Crippen LogP contribution in [0.2, 0.25) is 0 Å². The maximum absolute atomic E-state index is 12.6. The van der Waals surface area contributed by atoms with Gasteiger partial charge in [-0.25, -0.2) is 0 Å². The van der Waals surface area contributed by atoms with Crippen LogP contribution < -0.4 is 0 Å². The molecule has 2 aromatic rings. The SMILES string of the molecule is CCCCCCCCCCCCCCCCc1ccc2c(c1)C(=O)c1ccccc1-2. The number of hydrogen-bond acceptors (Lipinski definition) is 1. The number of ketones is 1. The van der Waals surface area contributed by atoms with Gasteiger partial charge in [-0.3, -0.25) is 4.79 Å². The van der Waals surface area contributed by atoms with Crippen molar-refractivity contribution in [2.24, 2.45) is 0 Å². The molecule has 0 aromatic heterocycles. The van der Waals surface area contributed by atoms with E-state index in [4.69, 9.17) is 0 Å². The van der Waals surface area contributed by atoms with Gasteiger partial charge in [0.25, 0.3) is 0 Å². The molecule has 0 fully saturated rings. The number of carbonyl (C=O) groups is 1. The van der Waals surface area contributed by atoms with E-state index in [1.807, 2.05) is 18.2 Å². The van der Waals surface area contributed by atoms with Gasteiger partial charge in [-0.15, -0.1) is 0 Å². The first-order chi connectivity index (χ1) is 14.8. The molecule has 162 valence electrons. The van der Waals surface area contributed by atoms with Crippen LogP contribution in [0, 0.1) is 0 Å². The summed E-state index contributed by atoms with van der Waals surface area (Å²) in [6, 6.07) is 14.5. The van der Waals surface area contributed by atoms with Gasteiger partial charge in [0, 0.05) is 11.1 Å². The summed E-state index contributed by atoms with van der Waals surface area (Å²) in [7, 11) is 0. The molecule has 0 saturated heterocycles. The Morgan fingerprint density at radius 1 is 0.533 bits per heavy atom. The Bertz CT molecular complexity index is 789. The third kappa shape index (κ3) is 6.56. The summed E-state index contributed by atoms with van der Waals surface area (Å²) in [6.45, 7) is 2.29. The van der Waals surface area contributed by atoms with Gasteiger partial charge in [0.1, 0.15) is 0 Å². The summed E-state index contributed by atoms with van der Waals surface area (Å²) in [5, 5.41) is 0. The van der Waals surface area contributed by atoms with Crippen molar-refractivity contribution in [3.63, 3.8) is 0 Å². The van der Waals surface area contributed by atoms with Crippen LogP contribution in [-0.2, 0) is 6.42 Å². The van der Waals surface area contributed by atoms with Crippen LogP contribution in [0.3, 0.4) is 0 Å². The number of fused-ring (bicyclic) bond motifs is 3. The summed E-state index contributed by atoms with van der Waals surface area (Å²) in [5.41, 5.74) is 5.29. The molecule has 1 nitrogen and oxygen atoms in total. The highest BCUT2D eigenvalue weighted by Crippen LogP contribution is 2.36. The minimum absolute atomic E-state index is 0.198. The fourth-order valence-electron chi connectivity index (χ4n) is 4.75. The Labute approximate surface area is 184 Å². The van der Waals surface area contributed by atoms with E-state index in [0.717, 1.165) is 28.7 Å². The first kappa shape index (κ1) is 22.8. The third-order valence-electron chi connectivity index (χ3n) is 6.61. The lowest BCUT2D eigenvalue weighted by Crippen LogP contribution is -1.96. The minimum atomic E-state index is 0.198. The molecule has 0 aliphatic heterocycles. The Hall–Kier alpha value is -1.89. The average Bonchev–Trinajstić information content (AvgIpc) is 3.06. The summed E-state index contributed by atoms with van der Waals surface area (Å²) < 4.78 is 0. The predicted molar refractivity (Wildman–Crippen MR) is 129 cm³/mol. The molecule has 2 aromatic carbocycles. The number of carbonyl (C=O) groups excluding carboxylic acids is 1. The van der Waals surface area contributed by atoms with E-state index in [-0.39, 0.29) is 5.78 Å². The maximum atomic E-state index is 12.6. The molecule has 0 saturated carbocycles. The first-order valence-corrected chi connectivity index (χ1v) is 12.6. The molecular formula is C29H40O. The highest BCUT2D eigenvalue weighted by Gasteiger charge is 2.25. The molecule has 0 atom stereocenters. The van der Waals surface area contributed by atoms with Gasteiger partial charge < -0.3 is 0 Å². The Kier molecular flexibility index (Phi) is 9.67. The third-order valence-corrected chi connectivity index (χ3v) is 6.61. The van der Waals surface area contributed by atoms with Crippen LogP contribution in [0.5, 0.6) is 0 Å². The van der Waals surface area contributed by atoms with E-state index in [2.05, 4.69) is 31.2 Å². The molecule has 0 N–H and O–H groups in total. The maximum Gasteiger partial charge on any atom is 0.194 e. The lowest BCUT2D eigenvalue weighted by Gasteiger charge is -2.06. The van der Waals surface area contributed by atoms with Crippen molar-refractivity contribution < 1.29 is 4.79 Å². The molecule has 0 bridgehead atoms. The Morgan fingerprint density at radius 2 is 1.03 bits per heavy atom. The van der Waals surface area contributed by atoms with Crippen LogP contribution in [-0.4, -0.2) is 5.78 Å². The van der Waals surface area contributed by atoms with Crippen molar-refractivity contribution in [2.45, 2.75) is 103 Å². The largest absolute Gasteiger partial charge is 0.289 e. The van der Waals surface area contributed by atoms with Crippen LogP contribution in [0.4, 0.5) is 0 Å². The van der Waals surface area contributed by atoms with Crippen LogP contribution in [0.25, 0.3) is 11.1 Å². The van der Waals surface area contributed by atoms with E-state index in [1.165, 1.54) is 95.5 Å². The highest BCUT2D eigenvalue weighted by molar-refractivity contribution is 6.21. The van der Waals surface area contributed by atoms with Crippen molar-refractivity contribution >= 4 is 5.78 Å². The van der Waals surface area contributed by atoms with Crippen molar-refractivity contribution in [3.05, 3.63) is 59.2 Å². The Morgan fingerprint density at radius 3 is 1.63 bits per heavy atom. The fraction of sp³-hybridized carbons (Fsp3) is 0.552. The zero-order valence-electron chi connectivity index (χ0n) is 19.1. The quantitative estimate of drug-likeness (QED) is 0.231. The van der Waals surface area contributed by atoms with Crippen LogP contribution in [0.15, 0.2) is 42.5 Å². The van der Waals surface area contributed by atoms with Crippen molar-refractivity contribution in [1.29, 1.82) is 0 Å². The lowest BCUT2D eigenvalue weighted by molar-refractivity contribution is 0.104. The smallest absolute Gasteiger partial charge is 0.194 e. The van der Waals surface area contributed by atoms with Gasteiger partial charge in [-0.1, -0.05) is 127 Å². The summed E-state index contributed by atoms with van der Waals surface area (Å²) in [4.78, 5) is 12.6. The molecule has 30 heavy (non-hydrogen) atoms. The van der Waals surface area contributed by atoms with E-state index < -0.39 is 0 Å². The molecule has 3 rings (SSSR count). The van der Waals surface area contributed by atoms with Gasteiger partial charge in [0.05, 0.1) is 0 Å². The molecule has 0 heterocycles. The zero-order valence-corrected chi connectivity index (χ0v) is 19.1. The van der Waals surface area contributed by atoms with Gasteiger partial charge in [-0.05, 0) is 35.6 Å². The Balaban J connectivity index is 1.23. The van der Waals surface area contributed by atoms with Crippen molar-refractivity contribution in [1.82, 2.24) is 0 Å². The lowest BCUT2D eigenvalue weighted by atomic mass is 9.99. The second-order valence-corrected chi connectivity index (χ2v) is 9.10. The highest BCUT2D eigenvalue weighted by atomic mass is 16.1. The second-order valence-electron chi connectivity index (χ2n) is 9.10. The molecule has 0 spiro atoms. The molecule has 0 radical (unpaired) electrons. The van der Waals surface area contributed by atoms with Gasteiger partial charge >= 0.3 is 0 Å². The van der Waals surface area contributed by atoms with E-state index in [9.17, 15) is 4.79 Å². The number of unbranched alkanes of at least 4 members (excludes halogenated alkanes) is 13. The summed E-state index contributed by atoms with van der Waals surface area (Å²) >= 11 is 0. The number of aryl methyl sites for hydroxylation is 1. The number of benzene rings is 2. The average molecular weight is 405 g/mol. The fourth-order valence-corrected chi connectivity index (χ4v) is 4.75.